The second-order valence-electron chi connectivity index (χ2n) is 9.33. The van der Waals surface area contributed by atoms with Gasteiger partial charge in [0.15, 0.2) is 0 Å². The van der Waals surface area contributed by atoms with Crippen molar-refractivity contribution in [1.82, 2.24) is 20.5 Å². The first kappa shape index (κ1) is 27.7. The quantitative estimate of drug-likeness (QED) is 0.233. The van der Waals surface area contributed by atoms with Gasteiger partial charge >= 0.3 is 5.97 Å². The predicted octanol–water partition coefficient (Wildman–Crippen LogP) is 4.74. The van der Waals surface area contributed by atoms with E-state index in [1.165, 1.54) is 11.3 Å². The van der Waals surface area contributed by atoms with Gasteiger partial charge in [-0.1, -0.05) is 35.3 Å². The van der Waals surface area contributed by atoms with E-state index in [1.54, 1.807) is 34.5 Å². The summed E-state index contributed by atoms with van der Waals surface area (Å²) in [4.78, 5) is 55.6. The molecule has 1 aliphatic rings. The highest BCUT2D eigenvalue weighted by Crippen LogP contribution is 2.35. The van der Waals surface area contributed by atoms with Crippen LogP contribution in [0.25, 0.3) is 10.9 Å². The largest absolute Gasteiger partial charge is 0.480 e. The number of carboxylic acid groups (broad SMARTS) is 1. The van der Waals surface area contributed by atoms with Gasteiger partial charge in [-0.05, 0) is 65.1 Å². The summed E-state index contributed by atoms with van der Waals surface area (Å²) in [7, 11) is 0. The lowest BCUT2D eigenvalue weighted by molar-refractivity contribution is -0.139. The fourth-order valence-corrected chi connectivity index (χ4v) is 6.11. The van der Waals surface area contributed by atoms with Crippen molar-refractivity contribution in [2.45, 2.75) is 25.4 Å². The van der Waals surface area contributed by atoms with Crippen molar-refractivity contribution in [2.75, 3.05) is 13.1 Å². The van der Waals surface area contributed by atoms with Gasteiger partial charge in [-0.15, -0.1) is 11.3 Å². The lowest BCUT2D eigenvalue weighted by Crippen LogP contribution is -2.43. The lowest BCUT2D eigenvalue weighted by atomic mass is 9.95. The Labute approximate surface area is 243 Å². The summed E-state index contributed by atoms with van der Waals surface area (Å²) < 4.78 is 0. The van der Waals surface area contributed by atoms with E-state index in [0.29, 0.717) is 29.0 Å². The molecule has 0 radical (unpaired) electrons. The van der Waals surface area contributed by atoms with Gasteiger partial charge in [0.2, 0.25) is 0 Å². The van der Waals surface area contributed by atoms with E-state index in [1.807, 2.05) is 24.4 Å². The fourth-order valence-electron chi connectivity index (χ4n) is 4.71. The van der Waals surface area contributed by atoms with Crippen LogP contribution in [0.1, 0.15) is 47.9 Å². The summed E-state index contributed by atoms with van der Waals surface area (Å²) in [6, 6.07) is 11.1. The number of aromatic amines is 1. The molecule has 206 valence electrons. The Bertz CT molecular complexity index is 1620. The molecule has 2 aromatic carbocycles. The molecule has 4 aromatic rings. The zero-order chi connectivity index (χ0) is 28.4. The number of benzene rings is 2. The topological polar surface area (TPSA) is 132 Å². The first-order chi connectivity index (χ1) is 19.2. The molecule has 3 heterocycles. The SMILES string of the molecule is O=C(NCC[C@H](NC(=O)c1c(Cl)cc2c(c1Cl)CCN(C(=O)c1ccc3cc[nH]c3c1)C2)C(=O)O)c1cccs1. The van der Waals surface area contributed by atoms with Crippen molar-refractivity contribution in [1.29, 1.82) is 0 Å². The number of fused-ring (bicyclic) bond motifs is 2. The van der Waals surface area contributed by atoms with Crippen LogP contribution in [-0.2, 0) is 17.8 Å². The molecule has 2 aromatic heterocycles. The highest BCUT2D eigenvalue weighted by atomic mass is 35.5. The number of nitrogens with zero attached hydrogens (tertiary/aromatic N) is 1. The molecule has 0 aliphatic carbocycles. The van der Waals surface area contributed by atoms with Crippen LogP contribution in [0.3, 0.4) is 0 Å². The first-order valence-electron chi connectivity index (χ1n) is 12.4. The smallest absolute Gasteiger partial charge is 0.326 e. The van der Waals surface area contributed by atoms with Gasteiger partial charge in [-0.25, -0.2) is 4.79 Å². The second-order valence-corrected chi connectivity index (χ2v) is 11.1. The zero-order valence-electron chi connectivity index (χ0n) is 21.0. The molecule has 5 rings (SSSR count). The third-order valence-electron chi connectivity index (χ3n) is 6.79. The van der Waals surface area contributed by atoms with Crippen LogP contribution in [0.4, 0.5) is 0 Å². The van der Waals surface area contributed by atoms with Crippen LogP contribution in [0.15, 0.2) is 54.0 Å². The van der Waals surface area contributed by atoms with Crippen molar-refractivity contribution in [3.8, 4) is 0 Å². The molecule has 3 amide bonds. The number of hydrogen-bond donors (Lipinski definition) is 4. The number of carboxylic acids is 1. The minimum absolute atomic E-state index is 0.0204. The fraction of sp³-hybridized carbons (Fsp3) is 0.214. The number of amides is 3. The van der Waals surface area contributed by atoms with Gasteiger partial charge in [-0.2, -0.15) is 0 Å². The summed E-state index contributed by atoms with van der Waals surface area (Å²) in [6.07, 6.45) is 2.18. The van der Waals surface area contributed by atoms with Gasteiger partial charge in [-0.3, -0.25) is 14.4 Å². The Kier molecular flexibility index (Phi) is 8.11. The number of hydrogen-bond acceptors (Lipinski definition) is 5. The molecule has 0 saturated carbocycles. The molecule has 1 atom stereocenters. The van der Waals surface area contributed by atoms with Gasteiger partial charge < -0.3 is 25.6 Å². The average molecular weight is 599 g/mol. The van der Waals surface area contributed by atoms with Crippen LogP contribution in [-0.4, -0.2) is 57.8 Å². The Morgan fingerprint density at radius 2 is 1.93 bits per heavy atom. The van der Waals surface area contributed by atoms with Crippen molar-refractivity contribution in [3.05, 3.63) is 91.2 Å². The summed E-state index contributed by atoms with van der Waals surface area (Å²) >= 11 is 14.4. The maximum atomic E-state index is 13.2. The van der Waals surface area contributed by atoms with Crippen molar-refractivity contribution >= 4 is 69.1 Å². The Morgan fingerprint density at radius 3 is 2.67 bits per heavy atom. The third kappa shape index (κ3) is 5.70. The van der Waals surface area contributed by atoms with E-state index in [4.69, 9.17) is 23.2 Å². The highest BCUT2D eigenvalue weighted by Gasteiger charge is 2.29. The minimum Gasteiger partial charge on any atom is -0.480 e. The molecule has 1 aliphatic heterocycles. The van der Waals surface area contributed by atoms with Gasteiger partial charge in [0.05, 0.1) is 20.5 Å². The molecule has 40 heavy (non-hydrogen) atoms. The van der Waals surface area contributed by atoms with E-state index in [9.17, 15) is 24.3 Å². The van der Waals surface area contributed by atoms with Crippen molar-refractivity contribution in [3.63, 3.8) is 0 Å². The molecule has 0 bridgehead atoms. The van der Waals surface area contributed by atoms with Crippen LogP contribution in [0.2, 0.25) is 10.0 Å². The minimum atomic E-state index is -1.27. The Morgan fingerprint density at radius 1 is 1.10 bits per heavy atom. The number of aromatic nitrogens is 1. The number of carbonyl (C=O) groups excluding carboxylic acids is 3. The van der Waals surface area contributed by atoms with E-state index in [-0.39, 0.29) is 46.9 Å². The second kappa shape index (κ2) is 11.7. The van der Waals surface area contributed by atoms with Crippen LogP contribution in [0.5, 0.6) is 0 Å². The lowest BCUT2D eigenvalue weighted by Gasteiger charge is -2.30. The molecule has 12 heteroatoms. The Hall–Kier alpha value is -3.86. The summed E-state index contributed by atoms with van der Waals surface area (Å²) in [5.41, 5.74) is 2.81. The number of halogens is 2. The van der Waals surface area contributed by atoms with Gasteiger partial charge in [0.25, 0.3) is 17.7 Å². The molecule has 0 fully saturated rings. The molecular formula is C28H24Cl2N4O5S. The number of thiophene rings is 1. The molecule has 0 unspecified atom stereocenters. The standard InChI is InChI=1S/C28H24Cl2N4O5S/c29-19-12-17-14-34(27(37)16-4-3-15-5-8-31-21(15)13-16)10-7-18(17)24(30)23(19)26(36)33-20(28(38)39)6-9-32-25(35)22-2-1-11-40-22/h1-5,8,11-13,20,31H,6-7,9-10,14H2,(H,32,35)(H,33,36)(H,38,39)/t20-/m0/s1. The number of aliphatic carboxylic acids is 1. The van der Waals surface area contributed by atoms with Crippen LogP contribution >= 0.6 is 34.5 Å². The molecule has 9 nitrogen and oxygen atoms in total. The van der Waals surface area contributed by atoms with Crippen molar-refractivity contribution < 1.29 is 24.3 Å². The predicted molar refractivity (Wildman–Crippen MR) is 153 cm³/mol. The van der Waals surface area contributed by atoms with E-state index >= 15 is 0 Å². The summed E-state index contributed by atoms with van der Waals surface area (Å²) in [5.74, 6) is -2.43. The number of H-pyrrole nitrogens is 1. The van der Waals surface area contributed by atoms with E-state index in [0.717, 1.165) is 16.5 Å². The maximum Gasteiger partial charge on any atom is 0.326 e. The molecule has 0 spiro atoms. The van der Waals surface area contributed by atoms with Crippen LogP contribution in [0, 0.1) is 0 Å². The number of carbonyl (C=O) groups is 4. The normalized spacial score (nSPS) is 13.5. The zero-order valence-corrected chi connectivity index (χ0v) is 23.3. The van der Waals surface area contributed by atoms with Gasteiger partial charge in [0, 0.05) is 36.9 Å². The monoisotopic (exact) mass is 598 g/mol. The molecule has 4 N–H and O–H groups in total. The van der Waals surface area contributed by atoms with Crippen molar-refractivity contribution in [2.24, 2.45) is 0 Å². The molecule has 0 saturated heterocycles. The van der Waals surface area contributed by atoms with Crippen LogP contribution < -0.4 is 10.6 Å². The maximum absolute atomic E-state index is 13.2. The first-order valence-corrected chi connectivity index (χ1v) is 14.1. The summed E-state index contributed by atoms with van der Waals surface area (Å²) in [5, 5.41) is 17.7. The number of rotatable bonds is 8. The Balaban J connectivity index is 1.27. The van der Waals surface area contributed by atoms with E-state index in [2.05, 4.69) is 15.6 Å². The molecular weight excluding hydrogens is 575 g/mol. The van der Waals surface area contributed by atoms with E-state index < -0.39 is 17.9 Å². The van der Waals surface area contributed by atoms with Gasteiger partial charge in [0.1, 0.15) is 6.04 Å². The third-order valence-corrected chi connectivity index (χ3v) is 8.37. The highest BCUT2D eigenvalue weighted by molar-refractivity contribution is 7.12. The average Bonchev–Trinajstić information content (AvgIpc) is 3.64. The number of nitrogens with one attached hydrogen (secondary N) is 3. The summed E-state index contributed by atoms with van der Waals surface area (Å²) in [6.45, 7) is 0.693.